The molecule has 7 nitrogen and oxygen atoms in total. The van der Waals surface area contributed by atoms with Crippen molar-refractivity contribution in [2.24, 2.45) is 5.73 Å². The van der Waals surface area contributed by atoms with Crippen molar-refractivity contribution in [2.45, 2.75) is 12.7 Å². The number of ether oxygens (including phenoxy) is 1. The Morgan fingerprint density at radius 2 is 1.96 bits per heavy atom. The monoisotopic (exact) mass is 390 g/mol. The third-order valence-electron chi connectivity index (χ3n) is 3.92. The predicted octanol–water partition coefficient (Wildman–Crippen LogP) is 0.888. The Kier molecular flexibility index (Phi) is 5.10. The zero-order valence-corrected chi connectivity index (χ0v) is 14.1. The highest BCUT2D eigenvalue weighted by Crippen LogP contribution is 2.25. The van der Waals surface area contributed by atoms with Gasteiger partial charge in [0.2, 0.25) is 5.91 Å². The second-order valence-corrected chi connectivity index (χ2v) is 5.82. The number of fused-ring (bicyclic) bond motifs is 1. The summed E-state index contributed by atoms with van der Waals surface area (Å²) in [4.78, 5) is 26.8. The van der Waals surface area contributed by atoms with Gasteiger partial charge >= 0.3 is 19.6 Å². The molecule has 0 atom stereocenters. The van der Waals surface area contributed by atoms with Crippen LogP contribution in [0.1, 0.15) is 15.9 Å². The molecule has 0 aliphatic rings. The molecule has 0 fully saturated rings. The lowest BCUT2D eigenvalue weighted by molar-refractivity contribution is -0.189. The topological polar surface area (TPSA) is 107 Å². The van der Waals surface area contributed by atoms with Gasteiger partial charge < -0.3 is 20.1 Å². The first kappa shape index (κ1) is 19.4. The third kappa shape index (κ3) is 3.99. The molecular weight excluding hydrogens is 378 g/mol. The minimum absolute atomic E-state index is 0.00903. The molecule has 1 amide bonds. The molecule has 0 bridgehead atoms. The van der Waals surface area contributed by atoms with Crippen LogP contribution in [0.4, 0.5) is 13.2 Å². The van der Waals surface area contributed by atoms with Crippen LogP contribution in [0.3, 0.4) is 0 Å². The average molecular weight is 390 g/mol. The molecule has 0 aliphatic heterocycles. The number of nitrogens with two attached hydrogens (primary N) is 1. The van der Waals surface area contributed by atoms with Crippen molar-refractivity contribution >= 4 is 35.9 Å². The Labute approximate surface area is 156 Å². The van der Waals surface area contributed by atoms with Crippen LogP contribution >= 0.6 is 0 Å². The first-order chi connectivity index (χ1) is 13.2. The second-order valence-electron chi connectivity index (χ2n) is 5.82. The van der Waals surface area contributed by atoms with Crippen molar-refractivity contribution in [1.29, 1.82) is 0 Å². The number of carbonyl (C=O) groups excluding carboxylic acids is 2. The zero-order valence-electron chi connectivity index (χ0n) is 14.1. The molecule has 1 heterocycles. The highest BCUT2D eigenvalue weighted by atomic mass is 19.4. The minimum atomic E-state index is -5.17. The van der Waals surface area contributed by atoms with E-state index in [1.165, 1.54) is 30.6 Å². The third-order valence-corrected chi connectivity index (χ3v) is 3.92. The summed E-state index contributed by atoms with van der Waals surface area (Å²) in [7, 11) is 0.667. The number of alkyl halides is 3. The van der Waals surface area contributed by atoms with E-state index in [4.69, 9.17) is 10.8 Å². The molecule has 143 valence electrons. The van der Waals surface area contributed by atoms with Crippen molar-refractivity contribution in [3.05, 3.63) is 53.9 Å². The Morgan fingerprint density at radius 1 is 1.21 bits per heavy atom. The number of hydrogen-bond donors (Lipinski definition) is 2. The highest BCUT2D eigenvalue weighted by Gasteiger charge is 2.41. The molecule has 2 aromatic carbocycles. The Hall–Kier alpha value is -3.34. The van der Waals surface area contributed by atoms with Crippen molar-refractivity contribution < 1.29 is 32.5 Å². The van der Waals surface area contributed by atoms with Crippen LogP contribution in [0.2, 0.25) is 0 Å². The maximum Gasteiger partial charge on any atom is 0.491 e. The Balaban J connectivity index is 2.00. The Bertz CT molecular complexity index is 1070. The van der Waals surface area contributed by atoms with Crippen molar-refractivity contribution in [3.63, 3.8) is 0 Å². The van der Waals surface area contributed by atoms with Crippen LogP contribution in [0.25, 0.3) is 11.0 Å². The molecule has 3 aromatic rings. The SMILES string of the molecule is NC(=O)c1ccc2ncn(Cc3ccc([B]O)cc3OC(=O)C(F)(F)F)c2c1. The number of imidazole rings is 1. The van der Waals surface area contributed by atoms with E-state index in [0.717, 1.165) is 6.07 Å². The van der Waals surface area contributed by atoms with Gasteiger partial charge in [-0.3, -0.25) is 4.79 Å². The quantitative estimate of drug-likeness (QED) is 0.382. The first-order valence-corrected chi connectivity index (χ1v) is 7.83. The second kappa shape index (κ2) is 7.35. The van der Waals surface area contributed by atoms with E-state index < -0.39 is 18.1 Å². The summed E-state index contributed by atoms with van der Waals surface area (Å²) in [5.74, 6) is -3.38. The van der Waals surface area contributed by atoms with E-state index in [1.54, 1.807) is 10.6 Å². The van der Waals surface area contributed by atoms with Gasteiger partial charge in [0.05, 0.1) is 23.9 Å². The van der Waals surface area contributed by atoms with E-state index in [-0.39, 0.29) is 28.9 Å². The lowest BCUT2D eigenvalue weighted by Gasteiger charge is -2.13. The van der Waals surface area contributed by atoms with Crippen molar-refractivity contribution in [2.75, 3.05) is 0 Å². The molecular formula is C17H12BF3N3O4. The maximum absolute atomic E-state index is 12.6. The van der Waals surface area contributed by atoms with Gasteiger partial charge in [-0.2, -0.15) is 13.2 Å². The zero-order chi connectivity index (χ0) is 20.5. The first-order valence-electron chi connectivity index (χ1n) is 7.83. The largest absolute Gasteiger partial charge is 0.491 e. The number of benzene rings is 2. The van der Waals surface area contributed by atoms with Crippen LogP contribution in [0, 0.1) is 0 Å². The van der Waals surface area contributed by atoms with Gasteiger partial charge in [0.1, 0.15) is 5.75 Å². The standard InChI is InChI=1S/C17H12BF3N3O4/c19-17(20,21)16(26)28-14-6-11(18-27)3-1-10(14)7-24-8-23-12-4-2-9(15(22)25)5-13(12)24/h1-6,8,27H,7H2,(H2,22,25). The lowest BCUT2D eigenvalue weighted by Crippen LogP contribution is -2.29. The van der Waals surface area contributed by atoms with Gasteiger partial charge in [-0.05, 0) is 24.3 Å². The van der Waals surface area contributed by atoms with Gasteiger partial charge in [-0.25, -0.2) is 9.78 Å². The number of carbonyl (C=O) groups is 2. The van der Waals surface area contributed by atoms with Gasteiger partial charge in [-0.1, -0.05) is 17.6 Å². The smallest absolute Gasteiger partial charge is 0.450 e. The van der Waals surface area contributed by atoms with Gasteiger partial charge in [0, 0.05) is 11.1 Å². The van der Waals surface area contributed by atoms with Gasteiger partial charge in [0.15, 0.2) is 0 Å². The van der Waals surface area contributed by atoms with Crippen LogP contribution in [0.15, 0.2) is 42.7 Å². The number of primary amides is 1. The minimum Gasteiger partial charge on any atom is -0.450 e. The van der Waals surface area contributed by atoms with E-state index in [9.17, 15) is 22.8 Å². The van der Waals surface area contributed by atoms with Gasteiger partial charge in [-0.15, -0.1) is 0 Å². The van der Waals surface area contributed by atoms with E-state index in [0.29, 0.717) is 18.5 Å². The predicted molar refractivity (Wildman–Crippen MR) is 93.1 cm³/mol. The molecule has 0 spiro atoms. The number of amides is 1. The lowest BCUT2D eigenvalue weighted by atomic mass is 9.88. The van der Waals surface area contributed by atoms with Crippen LogP contribution in [-0.4, -0.2) is 40.1 Å². The molecule has 0 aliphatic carbocycles. The highest BCUT2D eigenvalue weighted by molar-refractivity contribution is 6.45. The summed E-state index contributed by atoms with van der Waals surface area (Å²) in [5.41, 5.74) is 6.95. The summed E-state index contributed by atoms with van der Waals surface area (Å²) in [5, 5.41) is 9.08. The number of rotatable bonds is 5. The number of hydrogen-bond acceptors (Lipinski definition) is 5. The van der Waals surface area contributed by atoms with Crippen LogP contribution < -0.4 is 15.9 Å². The molecule has 0 saturated heterocycles. The molecule has 1 aromatic heterocycles. The number of halogens is 3. The summed E-state index contributed by atoms with van der Waals surface area (Å²) in [6.45, 7) is -0.00903. The summed E-state index contributed by atoms with van der Waals surface area (Å²) in [6, 6.07) is 8.54. The van der Waals surface area contributed by atoms with E-state index >= 15 is 0 Å². The fourth-order valence-corrected chi connectivity index (χ4v) is 2.55. The summed E-state index contributed by atoms with van der Waals surface area (Å²) in [6.07, 6.45) is -3.74. The summed E-state index contributed by atoms with van der Waals surface area (Å²) >= 11 is 0. The molecule has 28 heavy (non-hydrogen) atoms. The van der Waals surface area contributed by atoms with Crippen molar-refractivity contribution in [3.8, 4) is 5.75 Å². The summed E-state index contributed by atoms with van der Waals surface area (Å²) < 4.78 is 43.7. The van der Waals surface area contributed by atoms with Crippen LogP contribution in [0.5, 0.6) is 5.75 Å². The number of esters is 1. The average Bonchev–Trinajstić information content (AvgIpc) is 3.04. The fourth-order valence-electron chi connectivity index (χ4n) is 2.55. The number of aromatic nitrogens is 2. The van der Waals surface area contributed by atoms with Crippen LogP contribution in [-0.2, 0) is 11.3 Å². The molecule has 11 heteroatoms. The fraction of sp³-hybridized carbons (Fsp3) is 0.118. The molecule has 0 saturated carbocycles. The number of nitrogens with zero attached hydrogens (tertiary/aromatic N) is 2. The molecule has 3 N–H and O–H groups in total. The van der Waals surface area contributed by atoms with Gasteiger partial charge in [0.25, 0.3) is 0 Å². The molecule has 1 radical (unpaired) electrons. The molecule has 0 unspecified atom stereocenters. The molecule has 3 rings (SSSR count). The normalized spacial score (nSPS) is 11.4. The van der Waals surface area contributed by atoms with Crippen molar-refractivity contribution in [1.82, 2.24) is 9.55 Å². The maximum atomic E-state index is 12.6. The van der Waals surface area contributed by atoms with E-state index in [1.807, 2.05) is 0 Å². The Morgan fingerprint density at radius 3 is 2.61 bits per heavy atom. The van der Waals surface area contributed by atoms with E-state index in [2.05, 4.69) is 9.72 Å².